The van der Waals surface area contributed by atoms with Crippen LogP contribution < -0.4 is 0 Å². The summed E-state index contributed by atoms with van der Waals surface area (Å²) >= 11 is 0. The summed E-state index contributed by atoms with van der Waals surface area (Å²) in [5.74, 6) is -0.650. The topological polar surface area (TPSA) is 37.3 Å². The predicted octanol–water partition coefficient (Wildman–Crippen LogP) is 8.02. The second-order valence-electron chi connectivity index (χ2n) is 8.21. The van der Waals surface area contributed by atoms with Gasteiger partial charge in [-0.1, -0.05) is 135 Å². The van der Waals surface area contributed by atoms with Gasteiger partial charge in [-0.3, -0.25) is 4.79 Å². The van der Waals surface area contributed by atoms with Gasteiger partial charge in [-0.2, -0.15) is 0 Å². The zero-order valence-corrected chi connectivity index (χ0v) is 17.9. The van der Waals surface area contributed by atoms with Crippen molar-refractivity contribution in [1.82, 2.24) is 0 Å². The molecule has 2 nitrogen and oxygen atoms in total. The van der Waals surface area contributed by atoms with Gasteiger partial charge in [-0.05, 0) is 6.42 Å². The molecule has 3 heteroatoms. The van der Waals surface area contributed by atoms with Crippen molar-refractivity contribution in [2.24, 2.45) is 0 Å². The average molecular weight is 377 g/mol. The molecule has 0 aromatic rings. The first-order valence-corrected chi connectivity index (χ1v) is 12.0. The molecule has 0 atom stereocenters. The average Bonchev–Trinajstić information content (AvgIpc) is 2.62. The van der Waals surface area contributed by atoms with Crippen molar-refractivity contribution in [3.05, 3.63) is 0 Å². The maximum absolute atomic E-state index is 10.4. The van der Waals surface area contributed by atoms with E-state index in [1.165, 1.54) is 122 Å². The van der Waals surface area contributed by atoms with E-state index in [9.17, 15) is 4.79 Å². The van der Waals surface area contributed by atoms with Gasteiger partial charge in [0.05, 0.1) is 0 Å². The molecule has 0 bridgehead atoms. The molecule has 0 aromatic heterocycles. The molecule has 0 saturated carbocycles. The standard InChI is InChI=1S/C24H48O2.Li.H/c1-2-3-4-5-6-7-8-9-10-11-12-13-14-15-16-17-18-19-20-21-22-23-24(25)26;;/h2-23H2,1H3,(H,25,26);;. The Balaban J connectivity index is 0. The van der Waals surface area contributed by atoms with Crippen LogP contribution in [0.1, 0.15) is 148 Å². The fourth-order valence-corrected chi connectivity index (χ4v) is 3.71. The Morgan fingerprint density at radius 2 is 0.704 bits per heavy atom. The van der Waals surface area contributed by atoms with Crippen LogP contribution >= 0.6 is 0 Å². The third-order valence-corrected chi connectivity index (χ3v) is 5.49. The number of carboxylic acid groups (broad SMARTS) is 1. The van der Waals surface area contributed by atoms with E-state index in [2.05, 4.69) is 6.92 Å². The van der Waals surface area contributed by atoms with Gasteiger partial charge in [0.15, 0.2) is 0 Å². The van der Waals surface area contributed by atoms with Gasteiger partial charge < -0.3 is 5.11 Å². The van der Waals surface area contributed by atoms with Gasteiger partial charge in [0.1, 0.15) is 0 Å². The molecule has 0 heterocycles. The minimum atomic E-state index is -0.650. The predicted molar refractivity (Wildman–Crippen MR) is 122 cm³/mol. The minimum absolute atomic E-state index is 0. The molecule has 27 heavy (non-hydrogen) atoms. The third kappa shape index (κ3) is 28.4. The van der Waals surface area contributed by atoms with E-state index in [-0.39, 0.29) is 18.9 Å². The number of aliphatic carboxylic acids is 1. The van der Waals surface area contributed by atoms with Crippen molar-refractivity contribution in [2.75, 3.05) is 0 Å². The molecular formula is C24H49LiO2. The Morgan fingerprint density at radius 1 is 0.481 bits per heavy atom. The third-order valence-electron chi connectivity index (χ3n) is 5.49. The van der Waals surface area contributed by atoms with Crippen LogP contribution in [0.25, 0.3) is 0 Å². The number of carboxylic acids is 1. The molecule has 0 radical (unpaired) electrons. The van der Waals surface area contributed by atoms with Crippen molar-refractivity contribution >= 4 is 24.8 Å². The summed E-state index contributed by atoms with van der Waals surface area (Å²) in [4.78, 5) is 10.4. The Kier molecular flexibility index (Phi) is 28.3. The van der Waals surface area contributed by atoms with E-state index in [4.69, 9.17) is 5.11 Å². The Hall–Kier alpha value is 0.0674. The van der Waals surface area contributed by atoms with E-state index in [1.807, 2.05) is 0 Å². The Morgan fingerprint density at radius 3 is 0.926 bits per heavy atom. The van der Waals surface area contributed by atoms with Gasteiger partial charge in [0.2, 0.25) is 0 Å². The fraction of sp³-hybridized carbons (Fsp3) is 0.958. The zero-order chi connectivity index (χ0) is 19.1. The van der Waals surface area contributed by atoms with Crippen LogP contribution in [0.15, 0.2) is 0 Å². The molecule has 0 rings (SSSR count). The van der Waals surface area contributed by atoms with Crippen LogP contribution in [0.4, 0.5) is 0 Å². The number of unbranched alkanes of at least 4 members (excludes halogenated alkanes) is 20. The Bertz CT molecular complexity index is 282. The first-order chi connectivity index (χ1) is 12.8. The van der Waals surface area contributed by atoms with Crippen LogP contribution in [0, 0.1) is 0 Å². The van der Waals surface area contributed by atoms with Crippen molar-refractivity contribution in [2.45, 2.75) is 148 Å². The first kappa shape index (κ1) is 29.3. The van der Waals surface area contributed by atoms with Crippen molar-refractivity contribution in [1.29, 1.82) is 0 Å². The quantitative estimate of drug-likeness (QED) is 0.153. The second kappa shape index (κ2) is 26.1. The molecule has 0 aliphatic heterocycles. The van der Waals surface area contributed by atoms with Crippen LogP contribution in [0.2, 0.25) is 0 Å². The molecule has 0 spiro atoms. The van der Waals surface area contributed by atoms with Crippen LogP contribution in [0.3, 0.4) is 0 Å². The zero-order valence-electron chi connectivity index (χ0n) is 17.9. The summed E-state index contributed by atoms with van der Waals surface area (Å²) in [6.07, 6.45) is 29.1. The van der Waals surface area contributed by atoms with Gasteiger partial charge in [0, 0.05) is 6.42 Å². The number of hydrogen-bond acceptors (Lipinski definition) is 1. The molecule has 0 aliphatic rings. The summed E-state index contributed by atoms with van der Waals surface area (Å²) in [5, 5.41) is 8.57. The summed E-state index contributed by atoms with van der Waals surface area (Å²) in [6, 6.07) is 0. The number of hydrogen-bond donors (Lipinski definition) is 1. The molecular weight excluding hydrogens is 327 g/mol. The van der Waals surface area contributed by atoms with Gasteiger partial charge >= 0.3 is 24.8 Å². The SMILES string of the molecule is CCCCCCCCCCCCCCCCCCCCCCCC(=O)O.[LiH]. The fourth-order valence-electron chi connectivity index (χ4n) is 3.71. The summed E-state index contributed by atoms with van der Waals surface area (Å²) in [6.45, 7) is 2.29. The normalized spacial score (nSPS) is 10.7. The Labute approximate surface area is 182 Å². The molecule has 0 saturated heterocycles. The van der Waals surface area contributed by atoms with E-state index in [1.54, 1.807) is 0 Å². The van der Waals surface area contributed by atoms with Crippen molar-refractivity contribution in [3.63, 3.8) is 0 Å². The molecule has 0 aromatic carbocycles. The molecule has 158 valence electrons. The molecule has 0 aliphatic carbocycles. The molecule has 0 fully saturated rings. The summed E-state index contributed by atoms with van der Waals surface area (Å²) in [7, 11) is 0. The maximum atomic E-state index is 10.4. The van der Waals surface area contributed by atoms with E-state index < -0.39 is 5.97 Å². The van der Waals surface area contributed by atoms with Crippen LogP contribution in [-0.2, 0) is 4.79 Å². The van der Waals surface area contributed by atoms with E-state index in [0.29, 0.717) is 6.42 Å². The molecule has 1 N–H and O–H groups in total. The molecule has 0 amide bonds. The number of rotatable bonds is 22. The van der Waals surface area contributed by atoms with Crippen molar-refractivity contribution < 1.29 is 9.90 Å². The molecule has 0 unspecified atom stereocenters. The van der Waals surface area contributed by atoms with Gasteiger partial charge in [0.25, 0.3) is 0 Å². The van der Waals surface area contributed by atoms with Gasteiger partial charge in [-0.25, -0.2) is 0 Å². The number of carbonyl (C=O) groups is 1. The summed E-state index contributed by atoms with van der Waals surface area (Å²) < 4.78 is 0. The first-order valence-electron chi connectivity index (χ1n) is 12.0. The van der Waals surface area contributed by atoms with Crippen molar-refractivity contribution in [3.8, 4) is 0 Å². The van der Waals surface area contributed by atoms with E-state index >= 15 is 0 Å². The second-order valence-corrected chi connectivity index (χ2v) is 8.21. The summed E-state index contributed by atoms with van der Waals surface area (Å²) in [5.41, 5.74) is 0. The monoisotopic (exact) mass is 376 g/mol. The van der Waals surface area contributed by atoms with Gasteiger partial charge in [-0.15, -0.1) is 0 Å². The van der Waals surface area contributed by atoms with E-state index in [0.717, 1.165) is 12.8 Å². The van der Waals surface area contributed by atoms with Crippen LogP contribution in [-0.4, -0.2) is 29.9 Å². The van der Waals surface area contributed by atoms with Crippen LogP contribution in [0.5, 0.6) is 0 Å².